The highest BCUT2D eigenvalue weighted by molar-refractivity contribution is 9.10. The fourth-order valence-corrected chi connectivity index (χ4v) is 2.71. The Morgan fingerprint density at radius 1 is 1.21 bits per heavy atom. The second-order valence-electron chi connectivity index (χ2n) is 3.92. The van der Waals surface area contributed by atoms with Gasteiger partial charge in [0.15, 0.2) is 0 Å². The number of hydrazine groups is 1. The summed E-state index contributed by atoms with van der Waals surface area (Å²) < 4.78 is 15.6. The monoisotopic (exact) mass is 406 g/mol. The predicted molar refractivity (Wildman–Crippen MR) is 82.4 cm³/mol. The van der Waals surface area contributed by atoms with Gasteiger partial charge in [0, 0.05) is 14.5 Å². The molecule has 0 aliphatic rings. The lowest BCUT2D eigenvalue weighted by Gasteiger charge is -2.18. The third-order valence-electron chi connectivity index (χ3n) is 2.72. The van der Waals surface area contributed by atoms with E-state index in [0.717, 1.165) is 10.0 Å². The first-order chi connectivity index (χ1) is 9.04. The molecule has 100 valence electrons. The van der Waals surface area contributed by atoms with Gasteiger partial charge in [-0.1, -0.05) is 45.7 Å². The van der Waals surface area contributed by atoms with Gasteiger partial charge in [-0.2, -0.15) is 0 Å². The van der Waals surface area contributed by atoms with E-state index in [0.29, 0.717) is 10.0 Å². The normalized spacial score (nSPS) is 12.5. The fraction of sp³-hybridized carbons (Fsp3) is 0.0769. The van der Waals surface area contributed by atoms with E-state index in [2.05, 4.69) is 37.3 Å². The SMILES string of the molecule is NNC(c1cccc(Br)c1)c1ccc(Br)c(Cl)c1F. The van der Waals surface area contributed by atoms with Gasteiger partial charge in [0.25, 0.3) is 0 Å². The van der Waals surface area contributed by atoms with Crippen LogP contribution in [0.1, 0.15) is 17.2 Å². The lowest BCUT2D eigenvalue weighted by Crippen LogP contribution is -2.29. The van der Waals surface area contributed by atoms with Gasteiger partial charge in [0.1, 0.15) is 5.82 Å². The zero-order chi connectivity index (χ0) is 14.0. The minimum absolute atomic E-state index is 0.0488. The maximum atomic E-state index is 14.2. The van der Waals surface area contributed by atoms with Crippen molar-refractivity contribution in [1.29, 1.82) is 0 Å². The van der Waals surface area contributed by atoms with Crippen LogP contribution in [0.5, 0.6) is 0 Å². The Kier molecular flexibility index (Phi) is 4.97. The van der Waals surface area contributed by atoms with E-state index in [9.17, 15) is 4.39 Å². The van der Waals surface area contributed by atoms with Gasteiger partial charge >= 0.3 is 0 Å². The Hall–Kier alpha value is -0.460. The molecule has 2 rings (SSSR count). The number of rotatable bonds is 3. The van der Waals surface area contributed by atoms with Crippen LogP contribution in [0.15, 0.2) is 45.3 Å². The molecular formula is C13H10Br2ClFN2. The summed E-state index contributed by atoms with van der Waals surface area (Å²) in [5.74, 6) is 5.07. The minimum atomic E-state index is -0.487. The molecule has 0 radical (unpaired) electrons. The number of halogens is 4. The maximum absolute atomic E-state index is 14.2. The Balaban J connectivity index is 2.51. The van der Waals surface area contributed by atoms with Crippen LogP contribution in [0.3, 0.4) is 0 Å². The molecule has 0 fully saturated rings. The van der Waals surface area contributed by atoms with Crippen LogP contribution in [0.25, 0.3) is 0 Å². The summed E-state index contributed by atoms with van der Waals surface area (Å²) in [6.07, 6.45) is 0. The minimum Gasteiger partial charge on any atom is -0.271 e. The number of hydrogen-bond acceptors (Lipinski definition) is 2. The Morgan fingerprint density at radius 2 is 1.95 bits per heavy atom. The molecule has 3 N–H and O–H groups in total. The van der Waals surface area contributed by atoms with Gasteiger partial charge in [-0.15, -0.1) is 0 Å². The summed E-state index contributed by atoms with van der Waals surface area (Å²) in [6.45, 7) is 0. The molecule has 0 spiro atoms. The Labute approximate surface area is 132 Å². The topological polar surface area (TPSA) is 38.0 Å². The lowest BCUT2D eigenvalue weighted by molar-refractivity contribution is 0.560. The quantitative estimate of drug-likeness (QED) is 0.444. The predicted octanol–water partition coefficient (Wildman–Crippen LogP) is 4.56. The van der Waals surface area contributed by atoms with Gasteiger partial charge in [-0.3, -0.25) is 5.84 Å². The van der Waals surface area contributed by atoms with Crippen LogP contribution >= 0.6 is 43.5 Å². The highest BCUT2D eigenvalue weighted by Gasteiger charge is 2.19. The molecule has 0 bridgehead atoms. The van der Waals surface area contributed by atoms with E-state index in [-0.39, 0.29) is 5.02 Å². The standard InChI is InChI=1S/C13H10Br2ClFN2/c14-8-3-1-2-7(6-8)13(19-18)9-4-5-10(15)11(16)12(9)17/h1-6,13,19H,18H2. The first kappa shape index (κ1) is 14.9. The maximum Gasteiger partial charge on any atom is 0.148 e. The van der Waals surface area contributed by atoms with Crippen LogP contribution in [-0.4, -0.2) is 0 Å². The van der Waals surface area contributed by atoms with Crippen molar-refractivity contribution >= 4 is 43.5 Å². The van der Waals surface area contributed by atoms with Gasteiger partial charge in [-0.25, -0.2) is 9.82 Å². The van der Waals surface area contributed by atoms with Crippen molar-refractivity contribution in [3.8, 4) is 0 Å². The molecule has 1 atom stereocenters. The number of nitrogens with one attached hydrogen (secondary N) is 1. The van der Waals surface area contributed by atoms with Crippen LogP contribution in [0, 0.1) is 5.82 Å². The van der Waals surface area contributed by atoms with Crippen LogP contribution < -0.4 is 11.3 Å². The molecule has 0 saturated heterocycles. The van der Waals surface area contributed by atoms with Crippen molar-refractivity contribution in [2.24, 2.45) is 5.84 Å². The third kappa shape index (κ3) is 3.17. The molecule has 0 aromatic heterocycles. The summed E-state index contributed by atoms with van der Waals surface area (Å²) in [5, 5.41) is 0.0488. The third-order valence-corrected chi connectivity index (χ3v) is 4.48. The number of benzene rings is 2. The molecule has 2 aromatic rings. The lowest BCUT2D eigenvalue weighted by atomic mass is 9.99. The zero-order valence-electron chi connectivity index (χ0n) is 9.63. The average molecular weight is 408 g/mol. The van der Waals surface area contributed by atoms with Crippen molar-refractivity contribution in [3.05, 3.63) is 67.3 Å². The fourth-order valence-electron chi connectivity index (χ4n) is 1.82. The summed E-state index contributed by atoms with van der Waals surface area (Å²) >= 11 is 12.5. The Morgan fingerprint density at radius 3 is 2.58 bits per heavy atom. The van der Waals surface area contributed by atoms with Crippen LogP contribution in [0.2, 0.25) is 5.02 Å². The van der Waals surface area contributed by atoms with Gasteiger partial charge < -0.3 is 0 Å². The molecule has 0 heterocycles. The highest BCUT2D eigenvalue weighted by Crippen LogP contribution is 2.33. The van der Waals surface area contributed by atoms with Crippen LogP contribution in [0.4, 0.5) is 4.39 Å². The highest BCUT2D eigenvalue weighted by atomic mass is 79.9. The number of hydrogen-bond donors (Lipinski definition) is 2. The summed E-state index contributed by atoms with van der Waals surface area (Å²) in [7, 11) is 0. The van der Waals surface area contributed by atoms with E-state index in [1.807, 2.05) is 24.3 Å². The van der Waals surface area contributed by atoms with E-state index in [1.165, 1.54) is 0 Å². The van der Waals surface area contributed by atoms with Crippen molar-refractivity contribution in [2.45, 2.75) is 6.04 Å². The smallest absolute Gasteiger partial charge is 0.148 e. The summed E-state index contributed by atoms with van der Waals surface area (Å²) in [6, 6.07) is 10.4. The molecule has 19 heavy (non-hydrogen) atoms. The van der Waals surface area contributed by atoms with E-state index in [4.69, 9.17) is 17.4 Å². The first-order valence-electron chi connectivity index (χ1n) is 5.39. The van der Waals surface area contributed by atoms with Gasteiger partial charge in [-0.05, 0) is 39.7 Å². The van der Waals surface area contributed by atoms with E-state index in [1.54, 1.807) is 12.1 Å². The van der Waals surface area contributed by atoms with E-state index >= 15 is 0 Å². The second-order valence-corrected chi connectivity index (χ2v) is 6.07. The second kappa shape index (κ2) is 6.33. The zero-order valence-corrected chi connectivity index (χ0v) is 13.6. The van der Waals surface area contributed by atoms with Crippen molar-refractivity contribution in [3.63, 3.8) is 0 Å². The van der Waals surface area contributed by atoms with Crippen LogP contribution in [-0.2, 0) is 0 Å². The van der Waals surface area contributed by atoms with Gasteiger partial charge in [0.05, 0.1) is 11.1 Å². The Bertz CT molecular complexity index is 607. The molecule has 0 aliphatic carbocycles. The first-order valence-corrected chi connectivity index (χ1v) is 7.36. The molecule has 6 heteroatoms. The van der Waals surface area contributed by atoms with Gasteiger partial charge in [0.2, 0.25) is 0 Å². The molecular weight excluding hydrogens is 398 g/mol. The van der Waals surface area contributed by atoms with E-state index < -0.39 is 11.9 Å². The van der Waals surface area contributed by atoms with Crippen molar-refractivity contribution < 1.29 is 4.39 Å². The number of nitrogens with two attached hydrogens (primary N) is 1. The largest absolute Gasteiger partial charge is 0.271 e. The van der Waals surface area contributed by atoms with Crippen molar-refractivity contribution in [1.82, 2.24) is 5.43 Å². The molecule has 2 nitrogen and oxygen atoms in total. The molecule has 1 unspecified atom stereocenters. The average Bonchev–Trinajstić information content (AvgIpc) is 2.40. The summed E-state index contributed by atoms with van der Waals surface area (Å²) in [5.41, 5.74) is 3.85. The molecule has 0 saturated carbocycles. The molecule has 0 aliphatic heterocycles. The molecule has 2 aromatic carbocycles. The summed E-state index contributed by atoms with van der Waals surface area (Å²) in [4.78, 5) is 0. The molecule has 0 amide bonds. The van der Waals surface area contributed by atoms with Crippen molar-refractivity contribution in [2.75, 3.05) is 0 Å².